The lowest BCUT2D eigenvalue weighted by Crippen LogP contribution is -2.64. The fourth-order valence-electron chi connectivity index (χ4n) is 9.40. The lowest BCUT2D eigenvalue weighted by Gasteiger charge is -2.47. The van der Waals surface area contributed by atoms with E-state index in [4.69, 9.17) is 23.7 Å². The van der Waals surface area contributed by atoms with E-state index in [2.05, 4.69) is 13.5 Å². The zero-order valence-electron chi connectivity index (χ0n) is 35.0. The van der Waals surface area contributed by atoms with Gasteiger partial charge in [0.15, 0.2) is 0 Å². The van der Waals surface area contributed by atoms with Crippen LogP contribution < -0.4 is 0 Å². The molecule has 1 amide bonds. The SMILES string of the molecule is C=CCC1C=C(C)CC(C)CC(OC)C2OC(O)(C(=O)C(=O)N3CCCCC3C(=O)OC(C(C)=CC3CCC(F)C(OC)C3)C(C)CCC1=O)C(C)CC2OC. The Kier molecular flexibility index (Phi) is 17.0. The molecule has 0 aromatic rings. The molecule has 3 heterocycles. The van der Waals surface area contributed by atoms with Gasteiger partial charge in [0.25, 0.3) is 11.7 Å². The normalized spacial score (nSPS) is 39.2. The fraction of sp³-hybridized carbons (Fsp3) is 0.773. The van der Waals surface area contributed by atoms with Crippen LogP contribution >= 0.6 is 0 Å². The first-order valence-corrected chi connectivity index (χ1v) is 20.8. The van der Waals surface area contributed by atoms with E-state index in [9.17, 15) is 28.7 Å². The molecule has 56 heavy (non-hydrogen) atoms. The maximum absolute atomic E-state index is 14.5. The Morgan fingerprint density at radius 3 is 2.32 bits per heavy atom. The molecule has 11 nitrogen and oxygen atoms in total. The van der Waals surface area contributed by atoms with E-state index in [0.29, 0.717) is 57.8 Å². The molecule has 1 aliphatic carbocycles. The van der Waals surface area contributed by atoms with Crippen molar-refractivity contribution in [3.05, 3.63) is 36.0 Å². The third-order valence-electron chi connectivity index (χ3n) is 12.7. The van der Waals surface area contributed by atoms with E-state index < -0.39 is 72.1 Å². The number of fused-ring (bicyclic) bond motifs is 3. The average Bonchev–Trinajstić information content (AvgIpc) is 3.18. The maximum atomic E-state index is 14.5. The number of hydrogen-bond donors (Lipinski definition) is 1. The van der Waals surface area contributed by atoms with Crippen molar-refractivity contribution in [3.63, 3.8) is 0 Å². The van der Waals surface area contributed by atoms with Crippen LogP contribution in [0.5, 0.6) is 0 Å². The van der Waals surface area contributed by atoms with Crippen molar-refractivity contribution in [2.24, 2.45) is 29.6 Å². The highest BCUT2D eigenvalue weighted by Crippen LogP contribution is 2.39. The number of Topliss-reactive ketones (excluding diaryl/α,β-unsaturated/α-hetero) is 2. The van der Waals surface area contributed by atoms with E-state index in [1.54, 1.807) is 20.1 Å². The molecule has 0 aromatic heterocycles. The van der Waals surface area contributed by atoms with Gasteiger partial charge in [-0.25, -0.2) is 9.18 Å². The van der Waals surface area contributed by atoms with Crippen LogP contribution in [0.15, 0.2) is 36.0 Å². The average molecular weight is 790 g/mol. The summed E-state index contributed by atoms with van der Waals surface area (Å²) in [5.41, 5.74) is 1.81. The van der Waals surface area contributed by atoms with Crippen molar-refractivity contribution in [2.45, 2.75) is 160 Å². The fourth-order valence-corrected chi connectivity index (χ4v) is 9.40. The minimum atomic E-state index is -2.48. The van der Waals surface area contributed by atoms with Crippen molar-refractivity contribution in [2.75, 3.05) is 27.9 Å². The van der Waals surface area contributed by atoms with Crippen LogP contribution in [0.2, 0.25) is 0 Å². The molecular weight excluding hydrogens is 721 g/mol. The number of hydrogen-bond acceptors (Lipinski definition) is 10. The first kappa shape index (κ1) is 45.9. The highest BCUT2D eigenvalue weighted by atomic mass is 19.1. The zero-order chi connectivity index (χ0) is 41.3. The number of carbonyl (C=O) groups is 4. The van der Waals surface area contributed by atoms with E-state index in [1.807, 2.05) is 32.9 Å². The first-order valence-electron chi connectivity index (χ1n) is 20.8. The Morgan fingerprint density at radius 2 is 1.66 bits per heavy atom. The lowest BCUT2D eigenvalue weighted by atomic mass is 9.82. The number of alkyl halides is 1. The van der Waals surface area contributed by atoms with Crippen LogP contribution in [0.25, 0.3) is 0 Å². The summed E-state index contributed by atoms with van der Waals surface area (Å²) in [5, 5.41) is 12.0. The summed E-state index contributed by atoms with van der Waals surface area (Å²) in [6.07, 6.45) is 6.97. The second-order valence-electron chi connectivity index (χ2n) is 17.1. The molecule has 2 bridgehead atoms. The molecule has 4 aliphatic rings. The molecule has 12 heteroatoms. The van der Waals surface area contributed by atoms with Gasteiger partial charge in [-0.2, -0.15) is 0 Å². The van der Waals surface area contributed by atoms with E-state index in [-0.39, 0.29) is 55.3 Å². The Morgan fingerprint density at radius 1 is 0.982 bits per heavy atom. The van der Waals surface area contributed by atoms with Gasteiger partial charge in [0.05, 0.1) is 18.3 Å². The predicted octanol–water partition coefficient (Wildman–Crippen LogP) is 6.65. The minimum Gasteiger partial charge on any atom is -0.456 e. The molecule has 1 saturated carbocycles. The second-order valence-corrected chi connectivity index (χ2v) is 17.1. The number of ether oxygens (including phenoxy) is 5. The lowest BCUT2D eigenvalue weighted by molar-refractivity contribution is -0.302. The molecule has 3 aliphatic heterocycles. The summed E-state index contributed by atoms with van der Waals surface area (Å²) < 4.78 is 44.3. The van der Waals surface area contributed by atoms with Crippen molar-refractivity contribution in [1.82, 2.24) is 4.90 Å². The van der Waals surface area contributed by atoms with Crippen LogP contribution in [0.4, 0.5) is 4.39 Å². The number of methoxy groups -OCH3 is 3. The van der Waals surface area contributed by atoms with Gasteiger partial charge >= 0.3 is 5.97 Å². The number of amides is 1. The molecule has 0 radical (unpaired) electrons. The number of allylic oxidation sites excluding steroid dienone is 4. The molecule has 316 valence electrons. The molecular formula is C44H68FNO10. The van der Waals surface area contributed by atoms with Crippen LogP contribution in [-0.2, 0) is 42.9 Å². The van der Waals surface area contributed by atoms with Crippen molar-refractivity contribution >= 4 is 23.4 Å². The third-order valence-corrected chi connectivity index (χ3v) is 12.7. The van der Waals surface area contributed by atoms with Gasteiger partial charge in [-0.1, -0.05) is 44.6 Å². The van der Waals surface area contributed by atoms with Crippen molar-refractivity contribution < 1.29 is 52.4 Å². The Balaban J connectivity index is 1.75. The zero-order valence-corrected chi connectivity index (χ0v) is 35.0. The van der Waals surface area contributed by atoms with Crippen LogP contribution in [0.3, 0.4) is 0 Å². The molecule has 4 rings (SSSR count). The van der Waals surface area contributed by atoms with Crippen molar-refractivity contribution in [1.29, 1.82) is 0 Å². The number of nitrogens with zero attached hydrogens (tertiary/aromatic N) is 1. The number of cyclic esters (lactones) is 1. The third kappa shape index (κ3) is 11.0. The van der Waals surface area contributed by atoms with E-state index >= 15 is 0 Å². The molecule has 3 fully saturated rings. The smallest absolute Gasteiger partial charge is 0.329 e. The summed E-state index contributed by atoms with van der Waals surface area (Å²) in [5.74, 6) is -6.63. The number of esters is 1. The molecule has 0 aromatic carbocycles. The van der Waals surface area contributed by atoms with E-state index in [0.717, 1.165) is 11.1 Å². The van der Waals surface area contributed by atoms with Crippen molar-refractivity contribution in [3.8, 4) is 0 Å². The standard InChI is InChI=1S/C44H68FNO10/c1-10-13-32-21-26(2)20-27(3)22-37(53-8)40-38(54-9)24-30(6)44(51,56-40)41(48)42(49)46-19-12-11-14-34(46)43(50)55-39(28(4)15-18-35(32)47)29(5)23-31-16-17-33(45)36(25-31)52-7/h10,21,23,27-28,30-34,36-40,51H,1,11-20,22,24-25H2,2-9H3. The van der Waals surface area contributed by atoms with Crippen LogP contribution in [-0.4, -0.2) is 110 Å². The number of carbonyl (C=O) groups excluding carboxylic acids is 4. The maximum Gasteiger partial charge on any atom is 0.329 e. The number of ketones is 2. The number of piperidine rings is 1. The Labute approximate surface area is 333 Å². The van der Waals surface area contributed by atoms with Gasteiger partial charge in [0, 0.05) is 46.1 Å². The summed E-state index contributed by atoms with van der Waals surface area (Å²) in [6.45, 7) is 13.6. The van der Waals surface area contributed by atoms with Crippen LogP contribution in [0.1, 0.15) is 112 Å². The quantitative estimate of drug-likeness (QED) is 0.170. The second kappa shape index (κ2) is 20.8. The first-order chi connectivity index (χ1) is 26.6. The summed E-state index contributed by atoms with van der Waals surface area (Å²) in [6, 6.07) is -1.07. The number of aliphatic hydroxyl groups is 1. The van der Waals surface area contributed by atoms with Gasteiger partial charge in [-0.05, 0) is 108 Å². The van der Waals surface area contributed by atoms with Gasteiger partial charge in [0.2, 0.25) is 5.79 Å². The summed E-state index contributed by atoms with van der Waals surface area (Å²) >= 11 is 0. The minimum absolute atomic E-state index is 0.0000518. The molecule has 13 atom stereocenters. The highest BCUT2D eigenvalue weighted by molar-refractivity contribution is 6.39. The van der Waals surface area contributed by atoms with E-state index in [1.165, 1.54) is 19.1 Å². The summed E-state index contributed by atoms with van der Waals surface area (Å²) in [4.78, 5) is 57.7. The number of rotatable bonds is 7. The van der Waals surface area contributed by atoms with Crippen LogP contribution in [0, 0.1) is 29.6 Å². The number of halogens is 1. The molecule has 2 saturated heterocycles. The molecule has 0 spiro atoms. The highest BCUT2D eigenvalue weighted by Gasteiger charge is 2.56. The van der Waals surface area contributed by atoms with Gasteiger partial charge < -0.3 is 33.7 Å². The molecule has 13 unspecified atom stereocenters. The van der Waals surface area contributed by atoms with Gasteiger partial charge in [0.1, 0.15) is 30.2 Å². The molecule has 1 N–H and O–H groups in total. The van der Waals surface area contributed by atoms with Gasteiger partial charge in [-0.3, -0.25) is 14.4 Å². The summed E-state index contributed by atoms with van der Waals surface area (Å²) in [7, 11) is 4.59. The van der Waals surface area contributed by atoms with Gasteiger partial charge in [-0.15, -0.1) is 6.58 Å². The largest absolute Gasteiger partial charge is 0.456 e. The predicted molar refractivity (Wildman–Crippen MR) is 210 cm³/mol. The Bertz CT molecular complexity index is 1450. The Hall–Kier alpha value is -2.77. The topological polar surface area (TPSA) is 138 Å². The monoisotopic (exact) mass is 789 g/mol.